The molecule has 3 rings (SSSR count). The van der Waals surface area contributed by atoms with Gasteiger partial charge in [0.25, 0.3) is 0 Å². The van der Waals surface area contributed by atoms with Gasteiger partial charge >= 0.3 is 0 Å². The van der Waals surface area contributed by atoms with Crippen molar-refractivity contribution in [1.29, 1.82) is 0 Å². The number of nitrogens with two attached hydrogens (primary N) is 2. The molecular weight excluding hydrogens is 441 g/mol. The number of methoxy groups -OCH3 is 1. The average Bonchev–Trinajstić information content (AvgIpc) is 3.00. The zero-order chi connectivity index (χ0) is 18.7. The summed E-state index contributed by atoms with van der Waals surface area (Å²) in [6.45, 7) is 3.69. The first-order chi connectivity index (χ1) is 12.5. The minimum atomic E-state index is -0.289. The van der Waals surface area contributed by atoms with Crippen LogP contribution in [0.15, 0.2) is 35.5 Å². The minimum Gasteiger partial charge on any atom is -0.496 e. The van der Waals surface area contributed by atoms with E-state index in [1.165, 1.54) is 3.57 Å². The van der Waals surface area contributed by atoms with Crippen LogP contribution in [0.5, 0.6) is 5.75 Å². The van der Waals surface area contributed by atoms with Gasteiger partial charge < -0.3 is 25.7 Å². The van der Waals surface area contributed by atoms with E-state index in [4.69, 9.17) is 16.2 Å². The number of unbranched alkanes of at least 4 members (excludes halogenated alkanes) is 2. The Kier molecular flexibility index (Phi) is 6.08. The molecule has 2 heterocycles. The fourth-order valence-electron chi connectivity index (χ4n) is 3.34. The Hall–Kier alpha value is -1.74. The van der Waals surface area contributed by atoms with Crippen LogP contribution in [-0.2, 0) is 6.54 Å². The third kappa shape index (κ3) is 3.83. The molecule has 7 heteroatoms. The molecule has 1 aliphatic heterocycles. The Morgan fingerprint density at radius 1 is 1.27 bits per heavy atom. The average molecular weight is 467 g/mol. The van der Waals surface area contributed by atoms with Crippen LogP contribution >= 0.6 is 22.6 Å². The lowest BCUT2D eigenvalue weighted by Gasteiger charge is -2.34. The maximum atomic E-state index is 6.57. The molecule has 0 bridgehead atoms. The van der Waals surface area contributed by atoms with Gasteiger partial charge in [-0.2, -0.15) is 0 Å². The number of nitrogens with zero attached hydrogens (tertiary/aromatic N) is 3. The summed E-state index contributed by atoms with van der Waals surface area (Å²) in [5.74, 6) is 1.38. The second-order valence-corrected chi connectivity index (χ2v) is 7.73. The Morgan fingerprint density at radius 3 is 2.81 bits per heavy atom. The van der Waals surface area contributed by atoms with Crippen LogP contribution in [0.1, 0.15) is 43.6 Å². The van der Waals surface area contributed by atoms with Gasteiger partial charge in [0.05, 0.1) is 25.0 Å². The van der Waals surface area contributed by atoms with Crippen LogP contribution in [0, 0.1) is 3.57 Å². The second-order valence-electron chi connectivity index (χ2n) is 6.49. The molecule has 140 valence electrons. The third-order valence-electron chi connectivity index (χ3n) is 4.72. The summed E-state index contributed by atoms with van der Waals surface area (Å²) in [5, 5.41) is 0. The molecule has 6 nitrogen and oxygen atoms in total. The summed E-state index contributed by atoms with van der Waals surface area (Å²) < 4.78 is 8.84. The molecule has 0 saturated heterocycles. The number of rotatable bonds is 7. The molecule has 0 fully saturated rings. The van der Waals surface area contributed by atoms with Crippen LogP contribution < -0.4 is 16.2 Å². The van der Waals surface area contributed by atoms with Gasteiger partial charge in [0.2, 0.25) is 0 Å². The van der Waals surface area contributed by atoms with Crippen molar-refractivity contribution in [2.24, 2.45) is 16.5 Å². The topological polar surface area (TPSA) is 81.8 Å². The SMILES string of the molecule is CCCCCN1C(N)=Nc2ccn(Cc3cc(I)ccc3OC)c2C1N. The van der Waals surface area contributed by atoms with Crippen molar-refractivity contribution in [2.45, 2.75) is 38.9 Å². The number of fused-ring (bicyclic) bond motifs is 1. The minimum absolute atomic E-state index is 0.289. The summed E-state index contributed by atoms with van der Waals surface area (Å²) in [4.78, 5) is 6.57. The van der Waals surface area contributed by atoms with Gasteiger partial charge in [0, 0.05) is 21.9 Å². The van der Waals surface area contributed by atoms with Crippen molar-refractivity contribution in [3.8, 4) is 5.75 Å². The van der Waals surface area contributed by atoms with Crippen molar-refractivity contribution in [1.82, 2.24) is 9.47 Å². The normalized spacial score (nSPS) is 16.4. The molecule has 0 spiro atoms. The summed E-state index contributed by atoms with van der Waals surface area (Å²) in [5.41, 5.74) is 15.7. The van der Waals surface area contributed by atoms with E-state index in [-0.39, 0.29) is 6.17 Å². The molecule has 1 aromatic heterocycles. The van der Waals surface area contributed by atoms with Gasteiger partial charge in [-0.3, -0.25) is 0 Å². The number of hydrogen-bond acceptors (Lipinski definition) is 5. The Balaban J connectivity index is 1.89. The van der Waals surface area contributed by atoms with Gasteiger partial charge in [0.15, 0.2) is 5.96 Å². The molecule has 1 atom stereocenters. The number of guanidine groups is 1. The lowest BCUT2D eigenvalue weighted by molar-refractivity contribution is 0.295. The first-order valence-corrected chi connectivity index (χ1v) is 10.0. The van der Waals surface area contributed by atoms with Gasteiger partial charge in [-0.1, -0.05) is 19.8 Å². The standard InChI is InChI=1S/C19H26IN5O/c1-3-4-5-9-25-18(21)17-15(23-19(25)22)8-10-24(17)12-13-11-14(20)6-7-16(13)26-2/h6-8,10-11,18H,3-5,9,12,21H2,1-2H3,(H2,22,23). The van der Waals surface area contributed by atoms with Crippen LogP contribution in [-0.4, -0.2) is 29.1 Å². The molecule has 0 radical (unpaired) electrons. The Bertz CT molecular complexity index is 801. The largest absolute Gasteiger partial charge is 0.496 e. The molecule has 0 aliphatic carbocycles. The fraction of sp³-hybridized carbons (Fsp3) is 0.421. The van der Waals surface area contributed by atoms with Crippen molar-refractivity contribution in [3.63, 3.8) is 0 Å². The smallest absolute Gasteiger partial charge is 0.198 e. The van der Waals surface area contributed by atoms with Crippen LogP contribution in [0.4, 0.5) is 5.69 Å². The number of ether oxygens (including phenoxy) is 1. The molecule has 1 aromatic carbocycles. The molecule has 0 amide bonds. The summed E-state index contributed by atoms with van der Waals surface area (Å²) in [6, 6.07) is 8.16. The highest BCUT2D eigenvalue weighted by Gasteiger charge is 2.28. The maximum absolute atomic E-state index is 6.57. The zero-order valence-corrected chi connectivity index (χ0v) is 17.4. The predicted molar refractivity (Wildman–Crippen MR) is 114 cm³/mol. The van der Waals surface area contributed by atoms with Gasteiger partial charge in [0.1, 0.15) is 11.9 Å². The van der Waals surface area contributed by atoms with E-state index < -0.39 is 0 Å². The third-order valence-corrected chi connectivity index (χ3v) is 5.39. The monoisotopic (exact) mass is 467 g/mol. The van der Waals surface area contributed by atoms with Crippen LogP contribution in [0.3, 0.4) is 0 Å². The molecule has 1 unspecified atom stereocenters. The Morgan fingerprint density at radius 2 is 2.08 bits per heavy atom. The highest BCUT2D eigenvalue weighted by atomic mass is 127. The Labute approximate surface area is 168 Å². The lowest BCUT2D eigenvalue weighted by Crippen LogP contribution is -2.46. The van der Waals surface area contributed by atoms with E-state index in [0.717, 1.165) is 48.5 Å². The van der Waals surface area contributed by atoms with Crippen molar-refractivity contribution < 1.29 is 4.74 Å². The number of halogens is 1. The summed E-state index contributed by atoms with van der Waals surface area (Å²) in [7, 11) is 1.70. The van der Waals surface area contributed by atoms with E-state index in [1.807, 2.05) is 29.3 Å². The van der Waals surface area contributed by atoms with Crippen LogP contribution in [0.25, 0.3) is 0 Å². The number of aromatic nitrogens is 1. The highest BCUT2D eigenvalue weighted by molar-refractivity contribution is 14.1. The first-order valence-electron chi connectivity index (χ1n) is 8.93. The van der Waals surface area contributed by atoms with Crippen molar-refractivity contribution in [3.05, 3.63) is 45.3 Å². The summed E-state index contributed by atoms with van der Waals surface area (Å²) in [6.07, 6.45) is 5.11. The predicted octanol–water partition coefficient (Wildman–Crippen LogP) is 3.56. The maximum Gasteiger partial charge on any atom is 0.198 e. The van der Waals surface area contributed by atoms with Gasteiger partial charge in [-0.15, -0.1) is 0 Å². The lowest BCUT2D eigenvalue weighted by atomic mass is 10.1. The van der Waals surface area contributed by atoms with Crippen LogP contribution in [0.2, 0.25) is 0 Å². The van der Waals surface area contributed by atoms with Crippen molar-refractivity contribution in [2.75, 3.05) is 13.7 Å². The summed E-state index contributed by atoms with van der Waals surface area (Å²) >= 11 is 2.32. The quantitative estimate of drug-likeness (QED) is 0.482. The molecule has 26 heavy (non-hydrogen) atoms. The zero-order valence-electron chi connectivity index (χ0n) is 15.3. The number of aliphatic imine (C=N–C) groups is 1. The van der Waals surface area contributed by atoms with E-state index >= 15 is 0 Å². The fourth-order valence-corrected chi connectivity index (χ4v) is 3.90. The van der Waals surface area contributed by atoms with E-state index in [9.17, 15) is 0 Å². The number of benzene rings is 1. The second kappa shape index (κ2) is 8.30. The molecule has 4 N–H and O–H groups in total. The molecular formula is C19H26IN5O. The molecule has 2 aromatic rings. The molecule has 0 saturated carbocycles. The number of hydrogen-bond donors (Lipinski definition) is 2. The van der Waals surface area contributed by atoms with Gasteiger partial charge in [-0.25, -0.2) is 4.99 Å². The van der Waals surface area contributed by atoms with Crippen molar-refractivity contribution >= 4 is 34.2 Å². The highest BCUT2D eigenvalue weighted by Crippen LogP contribution is 2.34. The van der Waals surface area contributed by atoms with E-state index in [1.54, 1.807) is 7.11 Å². The molecule has 1 aliphatic rings. The first kappa shape index (κ1) is 19.0. The van der Waals surface area contributed by atoms with E-state index in [2.05, 4.69) is 45.1 Å². The van der Waals surface area contributed by atoms with E-state index in [0.29, 0.717) is 12.5 Å². The van der Waals surface area contributed by atoms with Gasteiger partial charge in [-0.05, 0) is 53.3 Å².